The average molecular weight is 441 g/mol. The third-order valence-corrected chi connectivity index (χ3v) is 6.37. The topological polar surface area (TPSA) is 48.1 Å². The van der Waals surface area contributed by atoms with Gasteiger partial charge in [-0.1, -0.05) is 12.1 Å². The van der Waals surface area contributed by atoms with Crippen molar-refractivity contribution >= 4 is 46.0 Å². The van der Waals surface area contributed by atoms with Crippen LogP contribution in [0.2, 0.25) is 0 Å². The standard InChI is InChI=1S/C24H32N4S2/c1-15-5-7-21(13-17(15)3)27-23(29)25-19-9-11-20(12-10-19)26-24(30)28-22-8-6-16(2)18(4)14-22/h5-8,13-14,19-20H,9-12H2,1-4H3,(H2,25,27,29)(H2,26,28,30). The molecule has 0 saturated heterocycles. The number of benzene rings is 2. The van der Waals surface area contributed by atoms with Crippen molar-refractivity contribution in [3.63, 3.8) is 0 Å². The number of hydrogen-bond acceptors (Lipinski definition) is 2. The highest BCUT2D eigenvalue weighted by atomic mass is 32.1. The van der Waals surface area contributed by atoms with Crippen LogP contribution < -0.4 is 21.3 Å². The molecule has 0 aromatic heterocycles. The Labute approximate surface area is 191 Å². The lowest BCUT2D eigenvalue weighted by molar-refractivity contribution is 0.356. The van der Waals surface area contributed by atoms with Gasteiger partial charge in [-0.05, 0) is 124 Å². The zero-order valence-electron chi connectivity index (χ0n) is 18.3. The maximum atomic E-state index is 5.52. The largest absolute Gasteiger partial charge is 0.360 e. The lowest BCUT2D eigenvalue weighted by Crippen LogP contribution is -2.45. The molecule has 3 rings (SSSR count). The Morgan fingerprint density at radius 2 is 1.00 bits per heavy atom. The maximum Gasteiger partial charge on any atom is 0.170 e. The van der Waals surface area contributed by atoms with Gasteiger partial charge in [-0.2, -0.15) is 0 Å². The molecule has 1 saturated carbocycles. The van der Waals surface area contributed by atoms with Crippen LogP contribution in [-0.4, -0.2) is 22.3 Å². The summed E-state index contributed by atoms with van der Waals surface area (Å²) in [5.41, 5.74) is 7.17. The van der Waals surface area contributed by atoms with Crippen molar-refractivity contribution in [2.24, 2.45) is 0 Å². The molecule has 0 amide bonds. The highest BCUT2D eigenvalue weighted by molar-refractivity contribution is 7.80. The van der Waals surface area contributed by atoms with E-state index in [1.54, 1.807) is 0 Å². The van der Waals surface area contributed by atoms with Crippen molar-refractivity contribution in [1.29, 1.82) is 0 Å². The summed E-state index contributed by atoms with van der Waals surface area (Å²) in [5.74, 6) is 0. The summed E-state index contributed by atoms with van der Waals surface area (Å²) >= 11 is 11.0. The number of anilines is 2. The van der Waals surface area contributed by atoms with Crippen LogP contribution in [0.1, 0.15) is 47.9 Å². The summed E-state index contributed by atoms with van der Waals surface area (Å²) in [6.45, 7) is 8.46. The van der Waals surface area contributed by atoms with Gasteiger partial charge in [-0.3, -0.25) is 0 Å². The molecule has 1 aliphatic rings. The third kappa shape index (κ3) is 6.41. The molecule has 2 aromatic rings. The van der Waals surface area contributed by atoms with E-state index in [0.29, 0.717) is 22.3 Å². The van der Waals surface area contributed by atoms with Crippen molar-refractivity contribution < 1.29 is 0 Å². The molecule has 0 radical (unpaired) electrons. The van der Waals surface area contributed by atoms with Gasteiger partial charge >= 0.3 is 0 Å². The fourth-order valence-electron chi connectivity index (χ4n) is 3.73. The van der Waals surface area contributed by atoms with Gasteiger partial charge in [0.15, 0.2) is 10.2 Å². The zero-order valence-corrected chi connectivity index (χ0v) is 19.9. The highest BCUT2D eigenvalue weighted by Crippen LogP contribution is 2.20. The van der Waals surface area contributed by atoms with Gasteiger partial charge in [-0.25, -0.2) is 0 Å². The molecule has 1 aliphatic carbocycles. The van der Waals surface area contributed by atoms with Gasteiger partial charge in [0.2, 0.25) is 0 Å². The van der Waals surface area contributed by atoms with Crippen LogP contribution >= 0.6 is 24.4 Å². The van der Waals surface area contributed by atoms with E-state index in [9.17, 15) is 0 Å². The summed E-state index contributed by atoms with van der Waals surface area (Å²) in [4.78, 5) is 0. The molecule has 160 valence electrons. The second kappa shape index (κ2) is 10.2. The Morgan fingerprint density at radius 1 is 0.633 bits per heavy atom. The predicted octanol–water partition coefficient (Wildman–Crippen LogP) is 5.50. The SMILES string of the molecule is Cc1ccc(NC(=S)NC2CCC(NC(=S)Nc3ccc(C)c(C)c3)CC2)cc1C. The number of aryl methyl sites for hydroxylation is 4. The smallest absolute Gasteiger partial charge is 0.170 e. The second-order valence-corrected chi connectivity index (χ2v) is 9.16. The van der Waals surface area contributed by atoms with Gasteiger partial charge in [0, 0.05) is 23.5 Å². The number of thiocarbonyl (C=S) groups is 2. The van der Waals surface area contributed by atoms with Crippen LogP contribution in [0.4, 0.5) is 11.4 Å². The van der Waals surface area contributed by atoms with Gasteiger partial charge in [0.1, 0.15) is 0 Å². The fourth-order valence-corrected chi connectivity index (χ4v) is 4.29. The summed E-state index contributed by atoms with van der Waals surface area (Å²) < 4.78 is 0. The first-order valence-corrected chi connectivity index (χ1v) is 11.4. The van der Waals surface area contributed by atoms with E-state index in [2.05, 4.69) is 85.4 Å². The molecular formula is C24H32N4S2. The Bertz CT molecular complexity index is 842. The minimum absolute atomic E-state index is 0.399. The summed E-state index contributed by atoms with van der Waals surface area (Å²) in [5, 5.41) is 15.0. The molecule has 1 fully saturated rings. The molecule has 0 spiro atoms. The second-order valence-electron chi connectivity index (χ2n) is 8.34. The maximum absolute atomic E-state index is 5.52. The Morgan fingerprint density at radius 3 is 1.33 bits per heavy atom. The molecule has 4 nitrogen and oxygen atoms in total. The van der Waals surface area contributed by atoms with Gasteiger partial charge in [0.05, 0.1) is 0 Å². The zero-order chi connectivity index (χ0) is 21.7. The molecule has 30 heavy (non-hydrogen) atoms. The average Bonchev–Trinajstić information content (AvgIpc) is 2.69. The van der Waals surface area contributed by atoms with Crippen molar-refractivity contribution in [3.05, 3.63) is 58.7 Å². The van der Waals surface area contributed by atoms with E-state index in [1.807, 2.05) is 0 Å². The van der Waals surface area contributed by atoms with Crippen LogP contribution in [0.15, 0.2) is 36.4 Å². The highest BCUT2D eigenvalue weighted by Gasteiger charge is 2.22. The van der Waals surface area contributed by atoms with E-state index in [-0.39, 0.29) is 0 Å². The monoisotopic (exact) mass is 440 g/mol. The third-order valence-electron chi connectivity index (χ3n) is 5.93. The lowest BCUT2D eigenvalue weighted by atomic mass is 9.91. The Hall–Kier alpha value is -2.18. The first-order chi connectivity index (χ1) is 14.3. The van der Waals surface area contributed by atoms with Crippen LogP contribution in [0, 0.1) is 27.7 Å². The summed E-state index contributed by atoms with van der Waals surface area (Å²) in [6.07, 6.45) is 4.27. The lowest BCUT2D eigenvalue weighted by Gasteiger charge is -2.31. The predicted molar refractivity (Wildman–Crippen MR) is 137 cm³/mol. The summed E-state index contributed by atoms with van der Waals surface area (Å²) in [6, 6.07) is 13.4. The van der Waals surface area contributed by atoms with Crippen LogP contribution in [-0.2, 0) is 0 Å². The molecule has 0 atom stereocenters. The molecule has 0 aliphatic heterocycles. The van der Waals surface area contributed by atoms with Crippen molar-refractivity contribution in [2.45, 2.75) is 65.5 Å². The number of hydrogen-bond donors (Lipinski definition) is 4. The molecule has 0 heterocycles. The van der Waals surface area contributed by atoms with E-state index < -0.39 is 0 Å². The quantitative estimate of drug-likeness (QED) is 0.471. The Balaban J connectivity index is 1.40. The van der Waals surface area contributed by atoms with Crippen LogP contribution in [0.3, 0.4) is 0 Å². The molecule has 4 N–H and O–H groups in total. The minimum Gasteiger partial charge on any atom is -0.360 e. The Kier molecular flexibility index (Phi) is 7.67. The van der Waals surface area contributed by atoms with E-state index in [1.165, 1.54) is 22.3 Å². The van der Waals surface area contributed by atoms with Gasteiger partial charge in [0.25, 0.3) is 0 Å². The minimum atomic E-state index is 0.399. The molecule has 0 bridgehead atoms. The van der Waals surface area contributed by atoms with Gasteiger partial charge < -0.3 is 21.3 Å². The van der Waals surface area contributed by atoms with Gasteiger partial charge in [-0.15, -0.1) is 0 Å². The van der Waals surface area contributed by atoms with E-state index in [0.717, 1.165) is 37.1 Å². The van der Waals surface area contributed by atoms with Crippen LogP contribution in [0.5, 0.6) is 0 Å². The molecule has 2 aromatic carbocycles. The van der Waals surface area contributed by atoms with Crippen molar-refractivity contribution in [1.82, 2.24) is 10.6 Å². The fraction of sp³-hybridized carbons (Fsp3) is 0.417. The normalized spacial score (nSPS) is 18.4. The van der Waals surface area contributed by atoms with Crippen LogP contribution in [0.25, 0.3) is 0 Å². The van der Waals surface area contributed by atoms with E-state index in [4.69, 9.17) is 24.4 Å². The number of nitrogens with one attached hydrogen (secondary N) is 4. The first-order valence-electron chi connectivity index (χ1n) is 10.6. The van der Waals surface area contributed by atoms with Crippen molar-refractivity contribution in [3.8, 4) is 0 Å². The molecule has 6 heteroatoms. The van der Waals surface area contributed by atoms with E-state index >= 15 is 0 Å². The number of rotatable bonds is 4. The van der Waals surface area contributed by atoms with Crippen molar-refractivity contribution in [2.75, 3.05) is 10.6 Å². The molecule has 0 unspecified atom stereocenters. The summed E-state index contributed by atoms with van der Waals surface area (Å²) in [7, 11) is 0. The molecular weight excluding hydrogens is 408 g/mol. The first kappa shape index (κ1) is 22.5.